The molecule has 1 amide bonds. The van der Waals surface area contributed by atoms with Gasteiger partial charge in [-0.1, -0.05) is 67.6 Å². The Morgan fingerprint density at radius 3 is 2.53 bits per heavy atom. The van der Waals surface area contributed by atoms with Gasteiger partial charge in [-0.25, -0.2) is 4.79 Å². The summed E-state index contributed by atoms with van der Waals surface area (Å²) in [6, 6.07) is 19.7. The van der Waals surface area contributed by atoms with Crippen LogP contribution in [-0.4, -0.2) is 25.0 Å². The van der Waals surface area contributed by atoms with Crippen LogP contribution in [0, 0.1) is 5.92 Å². The van der Waals surface area contributed by atoms with Crippen LogP contribution in [0.25, 0.3) is 0 Å². The third kappa shape index (κ3) is 5.75. The highest BCUT2D eigenvalue weighted by Crippen LogP contribution is 2.40. The Kier molecular flexibility index (Phi) is 8.14. The number of nitrogens with one attached hydrogen (secondary N) is 1. The lowest BCUT2D eigenvalue weighted by Crippen LogP contribution is -2.87. The zero-order valence-electron chi connectivity index (χ0n) is 19.9. The van der Waals surface area contributed by atoms with E-state index in [-0.39, 0.29) is 11.9 Å². The fraction of sp³-hybridized carbons (Fsp3) is 0.357. The first-order chi connectivity index (χ1) is 16.6. The topological polar surface area (TPSA) is 72.0 Å². The highest BCUT2D eigenvalue weighted by molar-refractivity contribution is 7.17. The Labute approximate surface area is 205 Å². The van der Waals surface area contributed by atoms with E-state index in [4.69, 9.17) is 4.74 Å². The zero-order chi connectivity index (χ0) is 23.9. The van der Waals surface area contributed by atoms with E-state index in [0.29, 0.717) is 23.1 Å². The molecule has 1 aliphatic carbocycles. The third-order valence-electron chi connectivity index (χ3n) is 6.35. The van der Waals surface area contributed by atoms with E-state index in [1.807, 2.05) is 55.5 Å². The van der Waals surface area contributed by atoms with Crippen molar-refractivity contribution in [3.05, 3.63) is 87.8 Å². The first kappa shape index (κ1) is 24.2. The molecule has 0 spiro atoms. The molecule has 4 rings (SSSR count). The van der Waals surface area contributed by atoms with Gasteiger partial charge in [0.1, 0.15) is 5.00 Å². The van der Waals surface area contributed by atoms with Crippen LogP contribution in [0.1, 0.15) is 58.2 Å². The number of nitrogens with two attached hydrogens (primary N) is 1. The van der Waals surface area contributed by atoms with Crippen molar-refractivity contribution in [2.24, 2.45) is 5.92 Å². The Hall–Kier alpha value is -2.96. The summed E-state index contributed by atoms with van der Waals surface area (Å²) in [5.74, 6) is 0.124. The fourth-order valence-electron chi connectivity index (χ4n) is 4.56. The molecule has 3 aromatic rings. The number of ether oxygens (including phenoxy) is 1. The minimum absolute atomic E-state index is 0.114. The maximum atomic E-state index is 13.6. The molecule has 0 bridgehead atoms. The molecule has 0 radical (unpaired) electrons. The smallest absolute Gasteiger partial charge is 0.341 e. The summed E-state index contributed by atoms with van der Waals surface area (Å²) in [6.45, 7) is 5.13. The Morgan fingerprint density at radius 1 is 1.12 bits per heavy atom. The lowest BCUT2D eigenvalue weighted by atomic mass is 9.88. The van der Waals surface area contributed by atoms with Gasteiger partial charge in [0.25, 0.3) is 5.91 Å². The lowest BCUT2D eigenvalue weighted by molar-refractivity contribution is -0.682. The third-order valence-corrected chi connectivity index (χ3v) is 7.52. The second kappa shape index (κ2) is 11.4. The number of rotatable bonds is 9. The summed E-state index contributed by atoms with van der Waals surface area (Å²) in [5, 5.41) is 5.82. The molecule has 0 aliphatic heterocycles. The van der Waals surface area contributed by atoms with Gasteiger partial charge in [-0.2, -0.15) is 0 Å². The van der Waals surface area contributed by atoms with Gasteiger partial charge in [-0.15, -0.1) is 11.3 Å². The molecule has 34 heavy (non-hydrogen) atoms. The quantitative estimate of drug-likeness (QED) is 0.445. The first-order valence-corrected chi connectivity index (χ1v) is 12.9. The van der Waals surface area contributed by atoms with Crippen molar-refractivity contribution < 1.29 is 19.6 Å². The zero-order valence-corrected chi connectivity index (χ0v) is 20.7. The van der Waals surface area contributed by atoms with Crippen molar-refractivity contribution in [2.45, 2.75) is 45.6 Å². The monoisotopic (exact) mass is 477 g/mol. The molecule has 1 heterocycles. The van der Waals surface area contributed by atoms with E-state index >= 15 is 0 Å². The molecule has 0 fully saturated rings. The number of fused-ring (bicyclic) bond motifs is 1. The average molecular weight is 478 g/mol. The van der Waals surface area contributed by atoms with Gasteiger partial charge in [0.15, 0.2) is 6.04 Å². The van der Waals surface area contributed by atoms with Crippen molar-refractivity contribution in [1.29, 1.82) is 0 Å². The normalized spacial score (nSPS) is 15.9. The maximum Gasteiger partial charge on any atom is 0.341 e. The molecule has 2 aromatic carbocycles. The summed E-state index contributed by atoms with van der Waals surface area (Å²) in [5.41, 5.74) is 3.80. The molecular formula is C28H33N2O3S+. The van der Waals surface area contributed by atoms with Gasteiger partial charge < -0.3 is 15.4 Å². The molecule has 5 nitrogen and oxygen atoms in total. The second-order valence-corrected chi connectivity index (χ2v) is 10.0. The van der Waals surface area contributed by atoms with E-state index in [0.717, 1.165) is 43.4 Å². The number of thiophene rings is 1. The lowest BCUT2D eigenvalue weighted by Gasteiger charge is -2.18. The molecular weight excluding hydrogens is 444 g/mol. The van der Waals surface area contributed by atoms with Crippen LogP contribution >= 0.6 is 11.3 Å². The SMILES string of the molecule is CCOC(=O)c1c(NC(=O)[C@H]([NH2+]CCc2ccccc2)c2ccccc2)sc2c1CC[C@@H](C)C2. The number of esters is 1. The van der Waals surface area contributed by atoms with Crippen LogP contribution in [0.2, 0.25) is 0 Å². The Morgan fingerprint density at radius 2 is 1.82 bits per heavy atom. The van der Waals surface area contributed by atoms with Crippen LogP contribution in [0.3, 0.4) is 0 Å². The molecule has 1 aliphatic rings. The van der Waals surface area contributed by atoms with E-state index in [2.05, 4.69) is 29.7 Å². The number of amides is 1. The van der Waals surface area contributed by atoms with Crippen molar-refractivity contribution >= 4 is 28.2 Å². The minimum Gasteiger partial charge on any atom is -0.462 e. The van der Waals surface area contributed by atoms with Crippen LogP contribution < -0.4 is 10.6 Å². The average Bonchev–Trinajstić information content (AvgIpc) is 3.20. The summed E-state index contributed by atoms with van der Waals surface area (Å²) < 4.78 is 5.37. The molecule has 0 saturated carbocycles. The van der Waals surface area contributed by atoms with Gasteiger partial charge >= 0.3 is 5.97 Å². The van der Waals surface area contributed by atoms with Crippen molar-refractivity contribution in [1.82, 2.24) is 0 Å². The van der Waals surface area contributed by atoms with Crippen molar-refractivity contribution in [3.8, 4) is 0 Å². The van der Waals surface area contributed by atoms with Gasteiger partial charge in [-0.05, 0) is 43.2 Å². The molecule has 178 valence electrons. The van der Waals surface area contributed by atoms with E-state index in [9.17, 15) is 9.59 Å². The number of anilines is 1. The first-order valence-electron chi connectivity index (χ1n) is 12.1. The van der Waals surface area contributed by atoms with Gasteiger partial charge in [0.2, 0.25) is 0 Å². The fourth-order valence-corrected chi connectivity index (χ4v) is 5.97. The summed E-state index contributed by atoms with van der Waals surface area (Å²) in [7, 11) is 0. The minimum atomic E-state index is -0.405. The van der Waals surface area contributed by atoms with Crippen LogP contribution in [0.15, 0.2) is 60.7 Å². The van der Waals surface area contributed by atoms with Gasteiger partial charge in [-0.3, -0.25) is 4.79 Å². The summed E-state index contributed by atoms with van der Waals surface area (Å²) in [6.07, 6.45) is 3.70. The van der Waals surface area contributed by atoms with Crippen molar-refractivity contribution in [2.75, 3.05) is 18.5 Å². The summed E-state index contributed by atoms with van der Waals surface area (Å²) >= 11 is 1.53. The highest BCUT2D eigenvalue weighted by Gasteiger charge is 2.31. The summed E-state index contributed by atoms with van der Waals surface area (Å²) in [4.78, 5) is 27.6. The Bertz CT molecular complexity index is 1110. The standard InChI is InChI=1S/C28H32N2O3S/c1-3-33-28(32)24-22-15-14-19(2)18-23(22)34-27(24)30-26(31)25(21-12-8-5-9-13-21)29-17-16-20-10-6-4-7-11-20/h4-13,19,25,29H,3,14-18H2,1-2H3,(H,30,31)/p+1/t19-,25-/m1/s1. The van der Waals surface area contributed by atoms with E-state index in [1.54, 1.807) is 0 Å². The predicted octanol–water partition coefficient (Wildman–Crippen LogP) is 4.54. The number of carbonyl (C=O) groups is 2. The second-order valence-electron chi connectivity index (χ2n) is 8.91. The number of quaternary nitrogens is 1. The number of hydrogen-bond acceptors (Lipinski definition) is 4. The van der Waals surface area contributed by atoms with Crippen molar-refractivity contribution in [3.63, 3.8) is 0 Å². The molecule has 3 N–H and O–H groups in total. The number of hydrogen-bond donors (Lipinski definition) is 2. The maximum absolute atomic E-state index is 13.6. The van der Waals surface area contributed by atoms with Crippen LogP contribution in [0.5, 0.6) is 0 Å². The molecule has 0 saturated heterocycles. The number of carbonyl (C=O) groups excluding carboxylic acids is 2. The van der Waals surface area contributed by atoms with Crippen LogP contribution in [0.4, 0.5) is 5.00 Å². The largest absolute Gasteiger partial charge is 0.462 e. The predicted molar refractivity (Wildman–Crippen MR) is 136 cm³/mol. The molecule has 6 heteroatoms. The van der Waals surface area contributed by atoms with E-state index in [1.165, 1.54) is 21.8 Å². The van der Waals surface area contributed by atoms with E-state index < -0.39 is 6.04 Å². The van der Waals surface area contributed by atoms with Gasteiger partial charge in [0, 0.05) is 16.9 Å². The number of benzene rings is 2. The Balaban J connectivity index is 1.56. The molecule has 0 unspecified atom stereocenters. The molecule has 1 aromatic heterocycles. The van der Waals surface area contributed by atoms with Gasteiger partial charge in [0.05, 0.1) is 18.7 Å². The molecule has 2 atom stereocenters. The highest BCUT2D eigenvalue weighted by atomic mass is 32.1. The van der Waals surface area contributed by atoms with Crippen LogP contribution in [-0.2, 0) is 28.8 Å².